The first-order chi connectivity index (χ1) is 4.18. The summed E-state index contributed by atoms with van der Waals surface area (Å²) < 4.78 is 1.11. The van der Waals surface area contributed by atoms with Gasteiger partial charge < -0.3 is 0 Å². The van der Waals surface area contributed by atoms with E-state index in [0.717, 1.165) is 29.4 Å². The molecule has 0 aromatic rings. The summed E-state index contributed by atoms with van der Waals surface area (Å²) in [6, 6.07) is -0.668. The number of thioether (sulfide) groups is 1. The molecular weight excluding hydrogens is 327 g/mol. The molecule has 0 saturated carbocycles. The zero-order valence-corrected chi connectivity index (χ0v) is 11.4. The molecule has 0 saturated heterocycles. The van der Waals surface area contributed by atoms with Gasteiger partial charge in [0, 0.05) is 0 Å². The van der Waals surface area contributed by atoms with Crippen molar-refractivity contribution in [2.24, 2.45) is 5.73 Å². The molecule has 0 spiro atoms. The molecule has 9 heavy (non-hydrogen) atoms. The summed E-state index contributed by atoms with van der Waals surface area (Å²) in [5.74, 6) is -0.344. The van der Waals surface area contributed by atoms with Crippen molar-refractivity contribution in [2.75, 3.05) is 9.01 Å². The van der Waals surface area contributed by atoms with Gasteiger partial charge in [-0.2, -0.15) is 0 Å². The number of rotatable bonds is 4. The zero-order chi connectivity index (χ0) is 7.28. The topological polar surface area (TPSA) is 63.3 Å². The van der Waals surface area contributed by atoms with Crippen LogP contribution in [0.5, 0.6) is 0 Å². The SMILES string of the molecule is NC(CS[CH2][Hg+])C(=O)O. The molecule has 3 N–H and O–H groups in total. The molecule has 5 heteroatoms. The van der Waals surface area contributed by atoms with Crippen LogP contribution in [0.3, 0.4) is 0 Å². The molecule has 0 heterocycles. The fourth-order valence-corrected chi connectivity index (χ4v) is 2.79. The van der Waals surface area contributed by atoms with Crippen molar-refractivity contribution in [1.29, 1.82) is 0 Å². The van der Waals surface area contributed by atoms with E-state index in [1.165, 1.54) is 0 Å². The average Bonchev–Trinajstić information content (AvgIpc) is 1.82. The minimum absolute atomic E-state index is 0.554. The van der Waals surface area contributed by atoms with Gasteiger partial charge in [-0.3, -0.25) is 0 Å². The van der Waals surface area contributed by atoms with E-state index in [-0.39, 0.29) is 0 Å². The van der Waals surface area contributed by atoms with Gasteiger partial charge in [-0.05, 0) is 0 Å². The van der Waals surface area contributed by atoms with Gasteiger partial charge in [0.25, 0.3) is 0 Å². The van der Waals surface area contributed by atoms with Crippen LogP contribution in [0, 0.1) is 0 Å². The van der Waals surface area contributed by atoms with Crippen LogP contribution in [0.15, 0.2) is 0 Å². The van der Waals surface area contributed by atoms with Gasteiger partial charge in [-0.15, -0.1) is 0 Å². The number of aliphatic carboxylic acids is 1. The zero-order valence-electron chi connectivity index (χ0n) is 5.04. The van der Waals surface area contributed by atoms with Crippen LogP contribution >= 0.6 is 11.8 Å². The number of hydrogen-bond acceptors (Lipinski definition) is 3. The molecule has 0 amide bonds. The van der Waals surface area contributed by atoms with Crippen LogP contribution in [0.4, 0.5) is 0 Å². The fraction of sp³-hybridized carbons (Fsp3) is 0.750. The molecule has 0 aromatic heterocycles. The molecule has 3 nitrogen and oxygen atoms in total. The van der Waals surface area contributed by atoms with Gasteiger partial charge in [0.2, 0.25) is 0 Å². The van der Waals surface area contributed by atoms with E-state index < -0.39 is 12.0 Å². The molecule has 0 aromatic carbocycles. The van der Waals surface area contributed by atoms with Crippen LogP contribution in [-0.4, -0.2) is 26.1 Å². The average molecular weight is 335 g/mol. The molecule has 0 aliphatic carbocycles. The normalized spacial score (nSPS) is 13.2. The fourth-order valence-electron chi connectivity index (χ4n) is 0.282. The van der Waals surface area contributed by atoms with E-state index in [1.54, 1.807) is 11.8 Å². The summed E-state index contributed by atoms with van der Waals surface area (Å²) in [5, 5.41) is 8.29. The van der Waals surface area contributed by atoms with Crippen molar-refractivity contribution in [3.63, 3.8) is 0 Å². The number of carboxylic acids is 1. The van der Waals surface area contributed by atoms with Gasteiger partial charge in [-0.1, -0.05) is 0 Å². The van der Waals surface area contributed by atoms with E-state index in [1.807, 2.05) is 0 Å². The molecule has 0 bridgehead atoms. The van der Waals surface area contributed by atoms with Gasteiger partial charge >= 0.3 is 74.5 Å². The van der Waals surface area contributed by atoms with E-state index in [4.69, 9.17) is 10.8 Å². The first kappa shape index (κ1) is 9.72. The molecule has 1 unspecified atom stereocenters. The Hall–Kier alpha value is 0.715. The van der Waals surface area contributed by atoms with Crippen molar-refractivity contribution in [1.82, 2.24) is 0 Å². The Morgan fingerprint density at radius 3 is 2.78 bits per heavy atom. The summed E-state index contributed by atoms with van der Waals surface area (Å²) in [4.78, 5) is 10.1. The Labute approximate surface area is 74.3 Å². The molecular formula is C4H8HgNO2S+. The second-order valence-electron chi connectivity index (χ2n) is 1.52. The summed E-state index contributed by atoms with van der Waals surface area (Å²) in [7, 11) is 0. The monoisotopic (exact) mass is 336 g/mol. The van der Waals surface area contributed by atoms with Gasteiger partial charge in [-0.25, -0.2) is 0 Å². The van der Waals surface area contributed by atoms with Crippen molar-refractivity contribution in [2.45, 2.75) is 6.04 Å². The Morgan fingerprint density at radius 2 is 2.44 bits per heavy atom. The Bertz CT molecular complexity index is 101. The minimum atomic E-state index is -0.899. The van der Waals surface area contributed by atoms with Crippen LogP contribution in [0.25, 0.3) is 0 Å². The summed E-state index contributed by atoms with van der Waals surface area (Å²) in [6.07, 6.45) is 0. The van der Waals surface area contributed by atoms with E-state index in [9.17, 15) is 4.79 Å². The Kier molecular flexibility index (Phi) is 5.93. The summed E-state index contributed by atoms with van der Waals surface area (Å²) in [6.45, 7) is 0. The maximum absolute atomic E-state index is 10.1. The second-order valence-corrected chi connectivity index (χ2v) is 7.43. The number of carbonyl (C=O) groups is 1. The van der Waals surface area contributed by atoms with E-state index >= 15 is 0 Å². The van der Waals surface area contributed by atoms with E-state index in [2.05, 4.69) is 0 Å². The van der Waals surface area contributed by atoms with Crippen LogP contribution in [0.1, 0.15) is 0 Å². The summed E-state index contributed by atoms with van der Waals surface area (Å²) in [5.41, 5.74) is 5.20. The molecule has 0 aliphatic rings. The Morgan fingerprint density at radius 1 is 1.89 bits per heavy atom. The van der Waals surface area contributed by atoms with Crippen molar-refractivity contribution >= 4 is 17.7 Å². The predicted molar refractivity (Wildman–Crippen MR) is 32.9 cm³/mol. The van der Waals surface area contributed by atoms with Crippen LogP contribution in [-0.2, 0) is 30.9 Å². The van der Waals surface area contributed by atoms with Gasteiger partial charge in [0.05, 0.1) is 0 Å². The van der Waals surface area contributed by atoms with Gasteiger partial charge in [0.1, 0.15) is 0 Å². The number of nitrogens with two attached hydrogens (primary N) is 1. The molecule has 0 fully saturated rings. The molecule has 1 atom stereocenters. The number of hydrogen-bond donors (Lipinski definition) is 2. The first-order valence-electron chi connectivity index (χ1n) is 2.54. The Balaban J connectivity index is 3.27. The summed E-state index contributed by atoms with van der Waals surface area (Å²) >= 11 is 2.38. The third-order valence-corrected chi connectivity index (χ3v) is 5.01. The van der Waals surface area contributed by atoms with Crippen molar-refractivity contribution in [3.05, 3.63) is 0 Å². The number of carboxylic acid groups (broad SMARTS) is 1. The first-order valence-corrected chi connectivity index (χ1v) is 7.58. The molecule has 0 aliphatic heterocycles. The molecule has 48 valence electrons. The molecule has 0 radical (unpaired) electrons. The third-order valence-electron chi connectivity index (χ3n) is 0.759. The van der Waals surface area contributed by atoms with Crippen LogP contribution in [0.2, 0.25) is 0 Å². The van der Waals surface area contributed by atoms with E-state index in [0.29, 0.717) is 5.75 Å². The predicted octanol–water partition coefficient (Wildman–Crippen LogP) is -0.364. The maximum atomic E-state index is 10.1. The van der Waals surface area contributed by atoms with Gasteiger partial charge in [0.15, 0.2) is 0 Å². The van der Waals surface area contributed by atoms with Crippen molar-refractivity contribution < 1.29 is 36.0 Å². The third kappa shape index (κ3) is 5.17. The second kappa shape index (κ2) is 5.50. The van der Waals surface area contributed by atoms with Crippen molar-refractivity contribution in [3.8, 4) is 0 Å². The van der Waals surface area contributed by atoms with Crippen LogP contribution < -0.4 is 5.73 Å². The molecule has 0 rings (SSSR count). The standard InChI is InChI=1S/C4H8NO2S.Hg/c1-8-2-3(5)4(6)7;/h3H,1-2,5H2,(H,6,7);/q;+1. The quantitative estimate of drug-likeness (QED) is 0.689.